The molecule has 4 heteroatoms. The monoisotopic (exact) mass is 249 g/mol. The lowest BCUT2D eigenvalue weighted by Gasteiger charge is -2.04. The Bertz CT molecular complexity index is 539. The van der Waals surface area contributed by atoms with E-state index in [1.54, 1.807) is 42.5 Å². The number of hydrogen-bond acceptors (Lipinski definition) is 2. The zero-order valence-electron chi connectivity index (χ0n) is 9.10. The van der Waals surface area contributed by atoms with Crippen LogP contribution in [0.1, 0.15) is 5.56 Å². The van der Waals surface area contributed by atoms with Gasteiger partial charge in [0.1, 0.15) is 5.82 Å². The van der Waals surface area contributed by atoms with E-state index in [-0.39, 0.29) is 4.90 Å². The van der Waals surface area contributed by atoms with Crippen molar-refractivity contribution in [2.75, 3.05) is 5.73 Å². The fourth-order valence-corrected chi connectivity index (χ4v) is 2.64. The van der Waals surface area contributed by atoms with Crippen LogP contribution in [0, 0.1) is 5.82 Å². The second-order valence-electron chi connectivity index (χ2n) is 3.66. The molecular weight excluding hydrogens is 237 g/mol. The van der Waals surface area contributed by atoms with Crippen LogP contribution in [0.15, 0.2) is 53.4 Å². The molecule has 2 aromatic carbocycles. The molecule has 0 saturated heterocycles. The molecule has 0 aliphatic heterocycles. The number of anilines is 1. The molecule has 2 N–H and O–H groups in total. The van der Waals surface area contributed by atoms with Crippen LogP contribution < -0.4 is 5.73 Å². The molecule has 0 aliphatic rings. The van der Waals surface area contributed by atoms with Crippen molar-refractivity contribution in [3.8, 4) is 0 Å². The van der Waals surface area contributed by atoms with Gasteiger partial charge in [-0.05, 0) is 29.8 Å². The molecule has 0 aliphatic carbocycles. The van der Waals surface area contributed by atoms with Crippen LogP contribution in [-0.2, 0) is 16.6 Å². The van der Waals surface area contributed by atoms with Crippen molar-refractivity contribution in [2.24, 2.45) is 0 Å². The predicted molar refractivity (Wildman–Crippen MR) is 67.4 cm³/mol. The first-order valence-corrected chi connectivity index (χ1v) is 6.46. The first kappa shape index (κ1) is 11.8. The van der Waals surface area contributed by atoms with Crippen LogP contribution in [0.3, 0.4) is 0 Å². The molecular formula is C13H12FNOS. The van der Waals surface area contributed by atoms with Crippen molar-refractivity contribution < 1.29 is 8.60 Å². The molecule has 0 spiro atoms. The van der Waals surface area contributed by atoms with Gasteiger partial charge >= 0.3 is 0 Å². The van der Waals surface area contributed by atoms with Gasteiger partial charge in [0.15, 0.2) is 0 Å². The second kappa shape index (κ2) is 5.10. The van der Waals surface area contributed by atoms with Crippen molar-refractivity contribution >= 4 is 16.5 Å². The fraction of sp³-hybridized carbons (Fsp3) is 0.0769. The molecule has 2 rings (SSSR count). The van der Waals surface area contributed by atoms with E-state index in [1.807, 2.05) is 0 Å². The van der Waals surface area contributed by atoms with Gasteiger partial charge in [-0.25, -0.2) is 4.39 Å². The van der Waals surface area contributed by atoms with E-state index in [2.05, 4.69) is 0 Å². The van der Waals surface area contributed by atoms with Crippen molar-refractivity contribution in [1.82, 2.24) is 0 Å². The van der Waals surface area contributed by atoms with E-state index in [1.165, 1.54) is 6.07 Å². The lowest BCUT2D eigenvalue weighted by molar-refractivity contribution is 0.595. The van der Waals surface area contributed by atoms with Gasteiger partial charge in [-0.15, -0.1) is 0 Å². The Morgan fingerprint density at radius 3 is 2.35 bits per heavy atom. The van der Waals surface area contributed by atoms with Crippen LogP contribution in [0.4, 0.5) is 10.1 Å². The first-order valence-electron chi connectivity index (χ1n) is 5.14. The topological polar surface area (TPSA) is 43.1 Å². The average Bonchev–Trinajstić information content (AvgIpc) is 2.32. The van der Waals surface area contributed by atoms with Gasteiger partial charge < -0.3 is 5.73 Å². The first-order chi connectivity index (χ1) is 8.16. The minimum absolute atomic E-state index is 0.240. The van der Waals surface area contributed by atoms with Crippen LogP contribution >= 0.6 is 0 Å². The van der Waals surface area contributed by atoms with E-state index in [9.17, 15) is 8.60 Å². The molecule has 88 valence electrons. The number of nitrogen functional groups attached to an aromatic ring is 1. The summed E-state index contributed by atoms with van der Waals surface area (Å²) in [4.78, 5) is 0.240. The maximum absolute atomic E-state index is 13.4. The number of benzene rings is 2. The third kappa shape index (κ3) is 2.91. The molecule has 0 aromatic heterocycles. The smallest absolute Gasteiger partial charge is 0.139 e. The van der Waals surface area contributed by atoms with E-state index < -0.39 is 16.6 Å². The lowest BCUT2D eigenvalue weighted by atomic mass is 10.2. The number of nitrogens with two attached hydrogens (primary N) is 1. The molecule has 0 amide bonds. The quantitative estimate of drug-likeness (QED) is 0.850. The van der Waals surface area contributed by atoms with Crippen molar-refractivity contribution in [1.29, 1.82) is 0 Å². The van der Waals surface area contributed by atoms with Crippen molar-refractivity contribution in [2.45, 2.75) is 10.6 Å². The number of rotatable bonds is 3. The zero-order chi connectivity index (χ0) is 12.3. The number of hydrogen-bond donors (Lipinski definition) is 1. The fourth-order valence-electron chi connectivity index (χ4n) is 1.47. The van der Waals surface area contributed by atoms with Gasteiger partial charge in [0.2, 0.25) is 0 Å². The summed E-state index contributed by atoms with van der Waals surface area (Å²) in [5, 5.41) is 0. The van der Waals surface area contributed by atoms with E-state index in [0.29, 0.717) is 11.4 Å². The van der Waals surface area contributed by atoms with Gasteiger partial charge in [0, 0.05) is 5.69 Å². The summed E-state index contributed by atoms with van der Waals surface area (Å²) >= 11 is 0. The van der Waals surface area contributed by atoms with Crippen LogP contribution in [-0.4, -0.2) is 4.21 Å². The molecule has 0 bridgehead atoms. The summed E-state index contributed by atoms with van der Waals surface area (Å²) in [5.41, 5.74) is 7.09. The van der Waals surface area contributed by atoms with E-state index in [4.69, 9.17) is 5.73 Å². The van der Waals surface area contributed by atoms with E-state index >= 15 is 0 Å². The van der Waals surface area contributed by atoms with Crippen LogP contribution in [0.25, 0.3) is 0 Å². The Labute approximate surface area is 102 Å². The lowest BCUT2D eigenvalue weighted by Crippen LogP contribution is -1.99. The zero-order valence-corrected chi connectivity index (χ0v) is 9.91. The van der Waals surface area contributed by atoms with Gasteiger partial charge in [-0.2, -0.15) is 0 Å². The summed E-state index contributed by atoms with van der Waals surface area (Å²) in [6.07, 6.45) is 0. The molecule has 17 heavy (non-hydrogen) atoms. The van der Waals surface area contributed by atoms with Gasteiger partial charge in [-0.3, -0.25) is 4.21 Å². The summed E-state index contributed by atoms with van der Waals surface area (Å²) in [6.45, 7) is 0. The Morgan fingerprint density at radius 2 is 1.71 bits per heavy atom. The van der Waals surface area contributed by atoms with Crippen LogP contribution in [0.2, 0.25) is 0 Å². The van der Waals surface area contributed by atoms with Crippen molar-refractivity contribution in [3.63, 3.8) is 0 Å². The standard InChI is InChI=1S/C13H12FNOS/c14-12-3-1-2-4-13(12)17(16)9-10-5-7-11(15)8-6-10/h1-8H,9,15H2. The number of halogens is 1. The molecule has 0 heterocycles. The molecule has 1 atom stereocenters. The average molecular weight is 249 g/mol. The van der Waals surface area contributed by atoms with Crippen LogP contribution in [0.5, 0.6) is 0 Å². The highest BCUT2D eigenvalue weighted by atomic mass is 32.2. The van der Waals surface area contributed by atoms with E-state index in [0.717, 1.165) is 5.56 Å². The largest absolute Gasteiger partial charge is 0.399 e. The molecule has 0 saturated carbocycles. The van der Waals surface area contributed by atoms with Crippen molar-refractivity contribution in [3.05, 3.63) is 59.9 Å². The Hall–Kier alpha value is -1.68. The molecule has 0 radical (unpaired) electrons. The Balaban J connectivity index is 2.17. The normalized spacial score (nSPS) is 12.3. The Morgan fingerprint density at radius 1 is 1.06 bits per heavy atom. The summed E-state index contributed by atoms with van der Waals surface area (Å²) in [7, 11) is -1.37. The Kier molecular flexibility index (Phi) is 3.54. The molecule has 1 unspecified atom stereocenters. The molecule has 0 fully saturated rings. The second-order valence-corrected chi connectivity index (χ2v) is 5.08. The predicted octanol–water partition coefficient (Wildman–Crippen LogP) is 2.72. The highest BCUT2D eigenvalue weighted by molar-refractivity contribution is 7.84. The maximum atomic E-state index is 13.4. The minimum Gasteiger partial charge on any atom is -0.399 e. The highest BCUT2D eigenvalue weighted by Crippen LogP contribution is 2.16. The maximum Gasteiger partial charge on any atom is 0.139 e. The summed E-state index contributed by atoms with van der Waals surface area (Å²) in [6, 6.07) is 13.2. The summed E-state index contributed by atoms with van der Waals surface area (Å²) in [5.74, 6) is -0.137. The summed E-state index contributed by atoms with van der Waals surface area (Å²) < 4.78 is 25.4. The van der Waals surface area contributed by atoms with Gasteiger partial charge in [0.25, 0.3) is 0 Å². The SMILES string of the molecule is Nc1ccc(CS(=O)c2ccccc2F)cc1. The third-order valence-electron chi connectivity index (χ3n) is 2.36. The third-order valence-corrected chi connectivity index (χ3v) is 3.78. The highest BCUT2D eigenvalue weighted by Gasteiger charge is 2.09. The molecule has 2 nitrogen and oxygen atoms in total. The van der Waals surface area contributed by atoms with Gasteiger partial charge in [0.05, 0.1) is 21.4 Å². The molecule has 2 aromatic rings. The minimum atomic E-state index is -1.37. The van der Waals surface area contributed by atoms with Gasteiger partial charge in [-0.1, -0.05) is 24.3 Å².